The van der Waals surface area contributed by atoms with Crippen LogP contribution in [0.25, 0.3) is 0 Å². The van der Waals surface area contributed by atoms with Gasteiger partial charge in [-0.3, -0.25) is 14.3 Å². The maximum absolute atomic E-state index is 13.0. The molecule has 3 aliphatic rings. The molecule has 10 heteroatoms. The predicted molar refractivity (Wildman–Crippen MR) is 145 cm³/mol. The van der Waals surface area contributed by atoms with E-state index in [2.05, 4.69) is 10.2 Å². The van der Waals surface area contributed by atoms with Crippen molar-refractivity contribution < 1.29 is 23.9 Å². The highest BCUT2D eigenvalue weighted by Crippen LogP contribution is 2.37. The summed E-state index contributed by atoms with van der Waals surface area (Å²) in [7, 11) is 2.04. The number of amides is 2. The second-order valence-electron chi connectivity index (χ2n) is 11.0. The number of fused-ring (bicyclic) bond motifs is 1. The number of aryl methyl sites for hydroxylation is 2. The largest absolute Gasteiger partial charge is 0.462 e. The van der Waals surface area contributed by atoms with Gasteiger partial charge in [-0.2, -0.15) is 5.10 Å². The molecule has 4 heterocycles. The summed E-state index contributed by atoms with van der Waals surface area (Å²) < 4.78 is 13.1. The molecule has 1 aromatic carbocycles. The van der Waals surface area contributed by atoms with Crippen LogP contribution in [0.3, 0.4) is 0 Å². The third-order valence-corrected chi connectivity index (χ3v) is 8.30. The lowest BCUT2D eigenvalue weighted by molar-refractivity contribution is 0.0152. The molecule has 39 heavy (non-hydrogen) atoms. The van der Waals surface area contributed by atoms with Gasteiger partial charge < -0.3 is 24.6 Å². The molecule has 0 bridgehead atoms. The first-order chi connectivity index (χ1) is 18.9. The predicted octanol–water partition coefficient (Wildman–Crippen LogP) is 2.16. The van der Waals surface area contributed by atoms with Gasteiger partial charge in [0.05, 0.1) is 29.1 Å². The fraction of sp³-hybridized carbons (Fsp3) is 0.586. The summed E-state index contributed by atoms with van der Waals surface area (Å²) in [6.07, 6.45) is 3.85. The Bertz CT molecular complexity index is 1210. The summed E-state index contributed by atoms with van der Waals surface area (Å²) >= 11 is 0. The number of hydrogen-bond acceptors (Lipinski definition) is 7. The number of esters is 1. The first-order valence-electron chi connectivity index (χ1n) is 14.1. The third-order valence-electron chi connectivity index (χ3n) is 8.30. The molecule has 2 aromatic rings. The molecule has 5 rings (SSSR count). The summed E-state index contributed by atoms with van der Waals surface area (Å²) in [5, 5.41) is 7.91. The Kier molecular flexibility index (Phi) is 8.32. The fourth-order valence-corrected chi connectivity index (χ4v) is 5.79. The van der Waals surface area contributed by atoms with Gasteiger partial charge in [0, 0.05) is 64.5 Å². The van der Waals surface area contributed by atoms with Crippen molar-refractivity contribution in [2.45, 2.75) is 45.6 Å². The van der Waals surface area contributed by atoms with Crippen molar-refractivity contribution in [3.05, 3.63) is 52.3 Å². The van der Waals surface area contributed by atoms with E-state index in [1.165, 1.54) is 0 Å². The van der Waals surface area contributed by atoms with Gasteiger partial charge >= 0.3 is 5.97 Å². The molecule has 1 aromatic heterocycles. The third kappa shape index (κ3) is 6.01. The van der Waals surface area contributed by atoms with Crippen molar-refractivity contribution in [3.63, 3.8) is 0 Å². The van der Waals surface area contributed by atoms with E-state index in [1.54, 1.807) is 24.3 Å². The van der Waals surface area contributed by atoms with Gasteiger partial charge in [-0.25, -0.2) is 4.79 Å². The number of ether oxygens (including phenoxy) is 2. The second-order valence-corrected chi connectivity index (χ2v) is 11.0. The van der Waals surface area contributed by atoms with Crippen LogP contribution >= 0.6 is 0 Å². The van der Waals surface area contributed by atoms with E-state index in [9.17, 15) is 14.4 Å². The number of piperazine rings is 1. The van der Waals surface area contributed by atoms with Crippen LogP contribution in [0.4, 0.5) is 0 Å². The molecule has 0 atom stereocenters. The van der Waals surface area contributed by atoms with E-state index in [0.29, 0.717) is 68.9 Å². The van der Waals surface area contributed by atoms with E-state index < -0.39 is 5.97 Å². The highest BCUT2D eigenvalue weighted by molar-refractivity contribution is 5.98. The maximum atomic E-state index is 13.0. The number of nitrogens with one attached hydrogen (secondary N) is 1. The maximum Gasteiger partial charge on any atom is 0.338 e. The Morgan fingerprint density at radius 2 is 1.87 bits per heavy atom. The zero-order chi connectivity index (χ0) is 27.4. The molecule has 3 aliphatic heterocycles. The minimum absolute atomic E-state index is 0.0129. The van der Waals surface area contributed by atoms with E-state index in [-0.39, 0.29) is 23.8 Å². The molecule has 10 nitrogen and oxygen atoms in total. The molecule has 2 amide bonds. The van der Waals surface area contributed by atoms with Crippen molar-refractivity contribution in [1.82, 2.24) is 24.9 Å². The molecule has 0 aliphatic carbocycles. The number of rotatable bonds is 7. The van der Waals surface area contributed by atoms with Crippen LogP contribution in [-0.4, -0.2) is 97.0 Å². The number of nitrogens with zero attached hydrogens (tertiary/aromatic N) is 4. The summed E-state index contributed by atoms with van der Waals surface area (Å²) in [6, 6.07) is 6.77. The molecule has 210 valence electrons. The highest BCUT2D eigenvalue weighted by atomic mass is 16.5. The number of hydrogen-bond donors (Lipinski definition) is 1. The average molecular weight is 538 g/mol. The van der Waals surface area contributed by atoms with Gasteiger partial charge in [-0.15, -0.1) is 0 Å². The minimum Gasteiger partial charge on any atom is -0.462 e. The topological polar surface area (TPSA) is 106 Å². The van der Waals surface area contributed by atoms with Gasteiger partial charge in [0.1, 0.15) is 0 Å². The van der Waals surface area contributed by atoms with Crippen LogP contribution < -0.4 is 5.32 Å². The Hall–Kier alpha value is -3.24. The van der Waals surface area contributed by atoms with Gasteiger partial charge in [-0.1, -0.05) is 13.0 Å². The van der Waals surface area contributed by atoms with Crippen molar-refractivity contribution in [1.29, 1.82) is 0 Å². The van der Waals surface area contributed by atoms with E-state index in [1.807, 2.05) is 23.6 Å². The summed E-state index contributed by atoms with van der Waals surface area (Å²) in [5.41, 5.74) is 3.35. The Balaban J connectivity index is 1.20. The Morgan fingerprint density at radius 3 is 2.62 bits per heavy atom. The molecule has 0 saturated carbocycles. The first-order valence-corrected chi connectivity index (χ1v) is 14.1. The van der Waals surface area contributed by atoms with E-state index in [0.717, 1.165) is 43.7 Å². The molecule has 1 N–H and O–H groups in total. The number of benzene rings is 1. The quantitative estimate of drug-likeness (QED) is 0.426. The molecule has 0 unspecified atom stereocenters. The lowest BCUT2D eigenvalue weighted by Gasteiger charge is -2.36. The second kappa shape index (κ2) is 11.9. The summed E-state index contributed by atoms with van der Waals surface area (Å²) in [5.74, 6) is -0.554. The van der Waals surface area contributed by atoms with Crippen molar-refractivity contribution in [3.8, 4) is 0 Å². The number of aromatic nitrogens is 2. The normalized spacial score (nSPS) is 19.3. The summed E-state index contributed by atoms with van der Waals surface area (Å²) in [4.78, 5) is 42.7. The first kappa shape index (κ1) is 27.3. The molecule has 2 saturated heterocycles. The van der Waals surface area contributed by atoms with E-state index >= 15 is 0 Å². The monoisotopic (exact) mass is 537 g/mol. The molecule has 0 radical (unpaired) electrons. The standard InChI is InChI=1S/C29H39N5O5/c1-3-23-25-24(19-29(20-30-26(25)35)8-16-38-17-9-29)34(31-23)10-5-15-39-28(37)22-7-4-6-21(18-22)27(36)33-13-11-32(2)12-14-33/h4,6-7,18H,3,5,8-17,19-20H2,1-2H3,(H,30,35). The van der Waals surface area contributed by atoms with Crippen LogP contribution in [0.1, 0.15) is 68.6 Å². The molecular formula is C29H39N5O5. The lowest BCUT2D eigenvalue weighted by atomic mass is 9.76. The fourth-order valence-electron chi connectivity index (χ4n) is 5.79. The molecule has 2 fully saturated rings. The van der Waals surface area contributed by atoms with Gasteiger partial charge in [0.25, 0.3) is 11.8 Å². The van der Waals surface area contributed by atoms with Crippen molar-refractivity contribution in [2.24, 2.45) is 5.41 Å². The van der Waals surface area contributed by atoms with Crippen LogP contribution in [0.2, 0.25) is 0 Å². The number of carbonyl (C=O) groups is 3. The number of carbonyl (C=O) groups excluding carboxylic acids is 3. The van der Waals surface area contributed by atoms with Crippen LogP contribution in [0.5, 0.6) is 0 Å². The van der Waals surface area contributed by atoms with Gasteiger partial charge in [0.2, 0.25) is 0 Å². The Labute approximate surface area is 229 Å². The smallest absolute Gasteiger partial charge is 0.338 e. The van der Waals surface area contributed by atoms with Crippen molar-refractivity contribution >= 4 is 17.8 Å². The lowest BCUT2D eigenvalue weighted by Crippen LogP contribution is -2.47. The molecular weight excluding hydrogens is 498 g/mol. The van der Waals surface area contributed by atoms with Gasteiger partial charge in [-0.05, 0) is 56.3 Å². The molecule has 1 spiro atoms. The van der Waals surface area contributed by atoms with Crippen LogP contribution in [0.15, 0.2) is 24.3 Å². The minimum atomic E-state index is -0.447. The zero-order valence-corrected chi connectivity index (χ0v) is 23.0. The van der Waals surface area contributed by atoms with E-state index in [4.69, 9.17) is 14.6 Å². The van der Waals surface area contributed by atoms with Crippen LogP contribution in [-0.2, 0) is 28.9 Å². The van der Waals surface area contributed by atoms with Gasteiger partial charge in [0.15, 0.2) is 0 Å². The van der Waals surface area contributed by atoms with Crippen LogP contribution in [0, 0.1) is 5.41 Å². The number of likely N-dealkylation sites (N-methyl/N-ethyl adjacent to an activating group) is 1. The SMILES string of the molecule is CCc1nn(CCCOC(=O)c2cccc(C(=O)N3CCN(C)CC3)c2)c2c1C(=O)NCC1(CCOCC1)C2. The van der Waals surface area contributed by atoms with Crippen molar-refractivity contribution in [2.75, 3.05) is 59.6 Å². The highest BCUT2D eigenvalue weighted by Gasteiger charge is 2.39. The Morgan fingerprint density at radius 1 is 1.13 bits per heavy atom. The average Bonchev–Trinajstić information content (AvgIpc) is 3.24. The zero-order valence-electron chi connectivity index (χ0n) is 23.0. The summed E-state index contributed by atoms with van der Waals surface area (Å²) in [6.45, 7) is 7.89.